The number of nitrogens with one attached hydrogen (secondary N) is 1. The first-order valence-corrected chi connectivity index (χ1v) is 7.84. The fourth-order valence-electron chi connectivity index (χ4n) is 1.50. The molecule has 0 unspecified atom stereocenters. The summed E-state index contributed by atoms with van der Waals surface area (Å²) in [4.78, 5) is 10.6. The molecule has 0 fully saturated rings. The molecule has 9 heteroatoms. The lowest BCUT2D eigenvalue weighted by atomic mass is 10.2. The molecule has 0 saturated heterocycles. The van der Waals surface area contributed by atoms with Crippen molar-refractivity contribution in [2.75, 3.05) is 0 Å². The number of hydrogen-bond donors (Lipinski definition) is 2. The van der Waals surface area contributed by atoms with Crippen LogP contribution in [0.5, 0.6) is 0 Å². The van der Waals surface area contributed by atoms with Crippen LogP contribution < -0.4 is 4.72 Å². The third kappa shape index (κ3) is 3.69. The Morgan fingerprint density at radius 3 is 2.67 bits per heavy atom. The minimum absolute atomic E-state index is 0.137. The van der Waals surface area contributed by atoms with Gasteiger partial charge in [0.15, 0.2) is 0 Å². The molecular weight excluding hydrogens is 369 g/mol. The number of carboxylic acids is 1. The topological polar surface area (TPSA) is 96.6 Å². The quantitative estimate of drug-likeness (QED) is 0.833. The Labute approximate surface area is 127 Å². The zero-order chi connectivity index (χ0) is 15.6. The van der Waals surface area contributed by atoms with Gasteiger partial charge in [-0.15, -0.1) is 0 Å². The summed E-state index contributed by atoms with van der Waals surface area (Å²) in [5.74, 6) is -2.44. The summed E-state index contributed by atoms with van der Waals surface area (Å²) in [5.41, 5.74) is 0.137. The molecule has 2 N–H and O–H groups in total. The Bertz CT molecular complexity index is 787. The van der Waals surface area contributed by atoms with Crippen LogP contribution in [0.3, 0.4) is 0 Å². The molecule has 112 valence electrons. The Kier molecular flexibility index (Phi) is 4.45. The molecule has 0 aliphatic heterocycles. The summed E-state index contributed by atoms with van der Waals surface area (Å²) in [5, 5.41) is 8.13. The standard InChI is InChI=1S/C12H9BrFNO5S/c13-8-1-2-9(14)7(5-8)6-15-21(18,19)11-4-3-10(20-11)12(16)17/h1-5,15H,6H2,(H,16,17). The smallest absolute Gasteiger partial charge is 0.371 e. The molecule has 0 amide bonds. The number of rotatable bonds is 5. The van der Waals surface area contributed by atoms with E-state index in [1.807, 2.05) is 0 Å². The number of benzene rings is 1. The van der Waals surface area contributed by atoms with Crippen molar-refractivity contribution < 1.29 is 27.1 Å². The van der Waals surface area contributed by atoms with Gasteiger partial charge in [0.05, 0.1) is 0 Å². The van der Waals surface area contributed by atoms with Crippen LogP contribution in [0, 0.1) is 5.82 Å². The van der Waals surface area contributed by atoms with Crippen molar-refractivity contribution in [2.45, 2.75) is 11.6 Å². The van der Waals surface area contributed by atoms with Crippen molar-refractivity contribution in [3.05, 3.63) is 51.9 Å². The number of furan rings is 1. The molecule has 1 aromatic heterocycles. The fraction of sp³-hybridized carbons (Fsp3) is 0.0833. The van der Waals surface area contributed by atoms with E-state index in [1.165, 1.54) is 18.2 Å². The van der Waals surface area contributed by atoms with Gasteiger partial charge in [-0.05, 0) is 30.3 Å². The van der Waals surface area contributed by atoms with Crippen molar-refractivity contribution in [1.82, 2.24) is 4.72 Å². The normalized spacial score (nSPS) is 11.5. The third-order valence-corrected chi connectivity index (χ3v) is 4.28. The van der Waals surface area contributed by atoms with Crippen LogP contribution in [-0.2, 0) is 16.6 Å². The number of aromatic carboxylic acids is 1. The molecule has 0 aliphatic rings. The van der Waals surface area contributed by atoms with E-state index in [4.69, 9.17) is 9.52 Å². The van der Waals surface area contributed by atoms with Gasteiger partial charge in [0.25, 0.3) is 10.0 Å². The van der Waals surface area contributed by atoms with Gasteiger partial charge in [-0.2, -0.15) is 0 Å². The van der Waals surface area contributed by atoms with E-state index in [0.29, 0.717) is 4.47 Å². The zero-order valence-electron chi connectivity index (χ0n) is 10.3. The number of carbonyl (C=O) groups is 1. The lowest BCUT2D eigenvalue weighted by Crippen LogP contribution is -2.23. The van der Waals surface area contributed by atoms with Crippen LogP contribution in [0.25, 0.3) is 0 Å². The highest BCUT2D eigenvalue weighted by molar-refractivity contribution is 9.10. The number of sulfonamides is 1. The predicted octanol–water partition coefficient (Wildman–Crippen LogP) is 2.36. The van der Waals surface area contributed by atoms with E-state index in [0.717, 1.165) is 12.1 Å². The van der Waals surface area contributed by atoms with Crippen LogP contribution in [0.15, 0.2) is 44.3 Å². The van der Waals surface area contributed by atoms with Crippen LogP contribution in [0.2, 0.25) is 0 Å². The predicted molar refractivity (Wildman–Crippen MR) is 73.8 cm³/mol. The minimum atomic E-state index is -4.06. The van der Waals surface area contributed by atoms with Crippen LogP contribution in [0.1, 0.15) is 16.1 Å². The maximum atomic E-state index is 13.5. The average molecular weight is 378 g/mol. The van der Waals surface area contributed by atoms with Gasteiger partial charge in [0.2, 0.25) is 10.9 Å². The van der Waals surface area contributed by atoms with Gasteiger partial charge in [-0.3, -0.25) is 0 Å². The molecule has 1 aromatic carbocycles. The molecule has 6 nitrogen and oxygen atoms in total. The second-order valence-corrected chi connectivity index (χ2v) is 6.60. The molecule has 0 radical (unpaired) electrons. The lowest BCUT2D eigenvalue weighted by Gasteiger charge is -2.06. The van der Waals surface area contributed by atoms with E-state index in [9.17, 15) is 17.6 Å². The molecule has 1 heterocycles. The molecule has 2 aromatic rings. The second-order valence-electron chi connectivity index (χ2n) is 3.98. The number of hydrogen-bond acceptors (Lipinski definition) is 4. The van der Waals surface area contributed by atoms with E-state index < -0.39 is 32.7 Å². The van der Waals surface area contributed by atoms with Crippen molar-refractivity contribution in [2.24, 2.45) is 0 Å². The average Bonchev–Trinajstić information content (AvgIpc) is 2.90. The molecule has 0 spiro atoms. The highest BCUT2D eigenvalue weighted by Crippen LogP contribution is 2.17. The van der Waals surface area contributed by atoms with Crippen molar-refractivity contribution in [3.63, 3.8) is 0 Å². The van der Waals surface area contributed by atoms with Gasteiger partial charge < -0.3 is 9.52 Å². The summed E-state index contributed by atoms with van der Waals surface area (Å²) < 4.78 is 44.7. The number of carboxylic acid groups (broad SMARTS) is 1. The highest BCUT2D eigenvalue weighted by atomic mass is 79.9. The Morgan fingerprint density at radius 1 is 1.33 bits per heavy atom. The Hall–Kier alpha value is -1.71. The van der Waals surface area contributed by atoms with E-state index in [1.54, 1.807) is 0 Å². The number of halogens is 2. The van der Waals surface area contributed by atoms with Gasteiger partial charge in [0, 0.05) is 16.6 Å². The summed E-state index contributed by atoms with van der Waals surface area (Å²) in [7, 11) is -4.06. The maximum Gasteiger partial charge on any atom is 0.371 e. The van der Waals surface area contributed by atoms with Crippen molar-refractivity contribution >= 4 is 31.9 Å². The largest absolute Gasteiger partial charge is 0.475 e. The first-order chi connectivity index (χ1) is 9.79. The fourth-order valence-corrected chi connectivity index (χ4v) is 2.85. The van der Waals surface area contributed by atoms with E-state index >= 15 is 0 Å². The summed E-state index contributed by atoms with van der Waals surface area (Å²) in [6.07, 6.45) is 0. The van der Waals surface area contributed by atoms with Crippen LogP contribution in [-0.4, -0.2) is 19.5 Å². The SMILES string of the molecule is O=C(O)c1ccc(S(=O)(=O)NCc2cc(Br)ccc2F)o1. The van der Waals surface area contributed by atoms with Crippen LogP contribution in [0.4, 0.5) is 4.39 Å². The first kappa shape index (κ1) is 15.7. The molecular formula is C12H9BrFNO5S. The molecule has 0 saturated carbocycles. The van der Waals surface area contributed by atoms with Crippen LogP contribution >= 0.6 is 15.9 Å². The Balaban J connectivity index is 2.17. The second kappa shape index (κ2) is 5.96. The van der Waals surface area contributed by atoms with Gasteiger partial charge in [-0.1, -0.05) is 15.9 Å². The Morgan fingerprint density at radius 2 is 2.05 bits per heavy atom. The molecule has 2 rings (SSSR count). The molecule has 0 atom stereocenters. The molecule has 0 bridgehead atoms. The van der Waals surface area contributed by atoms with Gasteiger partial charge >= 0.3 is 5.97 Å². The van der Waals surface area contributed by atoms with Crippen molar-refractivity contribution in [1.29, 1.82) is 0 Å². The third-order valence-electron chi connectivity index (χ3n) is 2.52. The minimum Gasteiger partial charge on any atom is -0.475 e. The summed E-state index contributed by atoms with van der Waals surface area (Å²) in [6.45, 7) is -0.295. The summed E-state index contributed by atoms with van der Waals surface area (Å²) in [6, 6.07) is 6.16. The van der Waals surface area contributed by atoms with Gasteiger partial charge in [-0.25, -0.2) is 22.3 Å². The zero-order valence-corrected chi connectivity index (χ0v) is 12.7. The monoisotopic (exact) mass is 377 g/mol. The summed E-state index contributed by atoms with van der Waals surface area (Å²) >= 11 is 3.15. The maximum absolute atomic E-state index is 13.5. The van der Waals surface area contributed by atoms with E-state index in [2.05, 4.69) is 20.7 Å². The van der Waals surface area contributed by atoms with Gasteiger partial charge in [0.1, 0.15) is 5.82 Å². The van der Waals surface area contributed by atoms with Crippen molar-refractivity contribution in [3.8, 4) is 0 Å². The molecule has 0 aliphatic carbocycles. The lowest BCUT2D eigenvalue weighted by molar-refractivity contribution is 0.0656. The molecule has 21 heavy (non-hydrogen) atoms. The highest BCUT2D eigenvalue weighted by Gasteiger charge is 2.21. The first-order valence-electron chi connectivity index (χ1n) is 5.56. The van der Waals surface area contributed by atoms with E-state index in [-0.39, 0.29) is 12.1 Å².